The Kier molecular flexibility index (Phi) is 9.26. The molecule has 0 atom stereocenters. The van der Waals surface area contributed by atoms with Gasteiger partial charge in [0.1, 0.15) is 0 Å². The van der Waals surface area contributed by atoms with Gasteiger partial charge in [0.15, 0.2) is 0 Å². The van der Waals surface area contributed by atoms with Gasteiger partial charge in [-0.3, -0.25) is 9.10 Å². The average Bonchev–Trinajstić information content (AvgIpc) is 2.70. The van der Waals surface area contributed by atoms with E-state index in [1.54, 1.807) is 24.3 Å². The second-order valence-electron chi connectivity index (χ2n) is 7.90. The lowest BCUT2D eigenvalue weighted by Crippen LogP contribution is -2.31. The molecule has 7 nitrogen and oxygen atoms in total. The molecular weight excluding hydrogens is 428 g/mol. The zero-order valence-electron chi connectivity index (χ0n) is 19.2. The van der Waals surface area contributed by atoms with Crippen LogP contribution >= 0.6 is 0 Å². The second kappa shape index (κ2) is 11.7. The number of rotatable bonds is 11. The molecule has 0 aromatic heterocycles. The van der Waals surface area contributed by atoms with Gasteiger partial charge in [-0.1, -0.05) is 19.4 Å². The highest BCUT2D eigenvalue weighted by Gasteiger charge is 2.18. The van der Waals surface area contributed by atoms with Crippen molar-refractivity contribution in [3.8, 4) is 0 Å². The number of benzene rings is 2. The number of amides is 1. The number of nitrogens with zero attached hydrogens (tertiary/aromatic N) is 1. The van der Waals surface area contributed by atoms with Crippen molar-refractivity contribution in [2.75, 3.05) is 29.0 Å². The minimum absolute atomic E-state index is 0.164. The van der Waals surface area contributed by atoms with E-state index in [-0.39, 0.29) is 24.8 Å². The highest BCUT2D eigenvalue weighted by atomic mass is 32.2. The van der Waals surface area contributed by atoms with E-state index in [2.05, 4.69) is 5.32 Å². The fourth-order valence-corrected chi connectivity index (χ4v) is 4.22. The van der Waals surface area contributed by atoms with Crippen molar-refractivity contribution >= 4 is 33.3 Å². The van der Waals surface area contributed by atoms with Crippen LogP contribution in [0.2, 0.25) is 0 Å². The van der Waals surface area contributed by atoms with Gasteiger partial charge >= 0.3 is 5.97 Å². The lowest BCUT2D eigenvalue weighted by molar-refractivity contribution is -0.116. The molecule has 0 heterocycles. The Bertz CT molecular complexity index is 1010. The third kappa shape index (κ3) is 8.00. The van der Waals surface area contributed by atoms with Gasteiger partial charge in [0, 0.05) is 18.7 Å². The maximum absolute atomic E-state index is 12.3. The van der Waals surface area contributed by atoms with Gasteiger partial charge in [0.2, 0.25) is 15.9 Å². The molecule has 0 saturated carbocycles. The summed E-state index contributed by atoms with van der Waals surface area (Å²) in [6.45, 7) is 6.45. The third-order valence-corrected chi connectivity index (χ3v) is 5.99. The Labute approximate surface area is 190 Å². The minimum atomic E-state index is -3.47. The van der Waals surface area contributed by atoms with Gasteiger partial charge in [-0.2, -0.15) is 0 Å². The fourth-order valence-electron chi connectivity index (χ4n) is 3.27. The van der Waals surface area contributed by atoms with Crippen molar-refractivity contribution in [2.24, 2.45) is 0 Å². The van der Waals surface area contributed by atoms with Crippen molar-refractivity contribution in [3.05, 3.63) is 59.2 Å². The minimum Gasteiger partial charge on any atom is -0.462 e. The van der Waals surface area contributed by atoms with E-state index >= 15 is 0 Å². The van der Waals surface area contributed by atoms with Crippen LogP contribution in [-0.2, 0) is 19.6 Å². The van der Waals surface area contributed by atoms with Crippen molar-refractivity contribution in [1.29, 1.82) is 0 Å². The number of sulfonamides is 1. The van der Waals surface area contributed by atoms with E-state index in [0.29, 0.717) is 30.0 Å². The third-order valence-electron chi connectivity index (χ3n) is 4.80. The largest absolute Gasteiger partial charge is 0.462 e. The molecule has 1 amide bonds. The molecule has 0 spiro atoms. The lowest BCUT2D eigenvalue weighted by atomic mass is 10.1. The average molecular weight is 461 g/mol. The Balaban J connectivity index is 1.90. The Hall–Kier alpha value is -2.87. The van der Waals surface area contributed by atoms with Crippen molar-refractivity contribution in [2.45, 2.75) is 46.5 Å². The summed E-state index contributed by atoms with van der Waals surface area (Å²) in [5.41, 5.74) is 3.55. The Morgan fingerprint density at radius 2 is 1.62 bits per heavy atom. The van der Waals surface area contributed by atoms with Crippen LogP contribution in [0.25, 0.3) is 0 Å². The highest BCUT2D eigenvalue weighted by molar-refractivity contribution is 7.92. The number of carbonyl (C=O) groups excluding carboxylic acids is 2. The Morgan fingerprint density at radius 3 is 2.19 bits per heavy atom. The molecule has 0 aliphatic heterocycles. The smallest absolute Gasteiger partial charge is 0.338 e. The number of ether oxygens (including phenoxy) is 1. The molecule has 2 aromatic rings. The molecule has 0 aliphatic carbocycles. The van der Waals surface area contributed by atoms with Crippen LogP contribution < -0.4 is 9.62 Å². The number of nitrogens with one attached hydrogen (secondary N) is 1. The van der Waals surface area contributed by atoms with E-state index in [0.717, 1.165) is 24.0 Å². The number of unbranched alkanes of at least 4 members (excludes halogenated alkanes) is 1. The summed E-state index contributed by atoms with van der Waals surface area (Å²) in [5, 5.41) is 2.77. The number of hydrogen-bond donors (Lipinski definition) is 1. The fraction of sp³-hybridized carbons (Fsp3) is 0.417. The van der Waals surface area contributed by atoms with Gasteiger partial charge in [-0.25, -0.2) is 13.2 Å². The summed E-state index contributed by atoms with van der Waals surface area (Å²) in [6, 6.07) is 12.1. The van der Waals surface area contributed by atoms with E-state index in [1.165, 1.54) is 10.6 Å². The zero-order valence-corrected chi connectivity index (χ0v) is 20.0. The molecule has 32 heavy (non-hydrogen) atoms. The van der Waals surface area contributed by atoms with Crippen LogP contribution in [0.5, 0.6) is 0 Å². The summed E-state index contributed by atoms with van der Waals surface area (Å²) < 4.78 is 31.1. The summed E-state index contributed by atoms with van der Waals surface area (Å²) in [5.74, 6) is -0.610. The molecule has 0 aliphatic rings. The molecule has 2 rings (SSSR count). The second-order valence-corrected chi connectivity index (χ2v) is 9.81. The van der Waals surface area contributed by atoms with Gasteiger partial charge < -0.3 is 10.1 Å². The first-order valence-corrected chi connectivity index (χ1v) is 12.6. The van der Waals surface area contributed by atoms with E-state index in [9.17, 15) is 18.0 Å². The van der Waals surface area contributed by atoms with Crippen LogP contribution in [0.3, 0.4) is 0 Å². The maximum Gasteiger partial charge on any atom is 0.338 e. The first-order valence-electron chi connectivity index (χ1n) is 10.7. The Morgan fingerprint density at radius 1 is 1.00 bits per heavy atom. The molecule has 1 N–H and O–H groups in total. The maximum atomic E-state index is 12.3. The quantitative estimate of drug-likeness (QED) is 0.395. The topological polar surface area (TPSA) is 92.8 Å². The van der Waals surface area contributed by atoms with Gasteiger partial charge in [-0.05, 0) is 74.2 Å². The molecule has 8 heteroatoms. The monoisotopic (exact) mass is 460 g/mol. The standard InChI is InChI=1S/C24H32N2O5S/c1-5-6-14-31-24(28)20-9-11-21(12-10-20)25-23(27)8-7-13-26(32(4,29)30)22-16-18(2)15-19(3)17-22/h9-12,15-17H,5-8,13-14H2,1-4H3,(H,25,27). The van der Waals surface area contributed by atoms with Gasteiger partial charge in [0.05, 0.1) is 24.1 Å². The van der Waals surface area contributed by atoms with Crippen molar-refractivity contribution in [1.82, 2.24) is 0 Å². The molecule has 0 saturated heterocycles. The highest BCUT2D eigenvalue weighted by Crippen LogP contribution is 2.22. The first kappa shape index (κ1) is 25.4. The van der Waals surface area contributed by atoms with Crippen LogP contribution in [0.15, 0.2) is 42.5 Å². The molecule has 0 radical (unpaired) electrons. The molecule has 0 fully saturated rings. The van der Waals surface area contributed by atoms with Crippen LogP contribution in [0.4, 0.5) is 11.4 Å². The van der Waals surface area contributed by atoms with E-state index in [4.69, 9.17) is 4.74 Å². The predicted octanol–water partition coefficient (Wildman–Crippen LogP) is 4.45. The zero-order chi connectivity index (χ0) is 23.7. The summed E-state index contributed by atoms with van der Waals surface area (Å²) >= 11 is 0. The number of hydrogen-bond acceptors (Lipinski definition) is 5. The molecule has 174 valence electrons. The molecule has 0 unspecified atom stereocenters. The molecular formula is C24H32N2O5S. The molecule has 2 aromatic carbocycles. The van der Waals surface area contributed by atoms with Crippen LogP contribution in [0.1, 0.15) is 54.1 Å². The first-order chi connectivity index (χ1) is 15.1. The predicted molar refractivity (Wildman–Crippen MR) is 128 cm³/mol. The van der Waals surface area contributed by atoms with Gasteiger partial charge in [-0.15, -0.1) is 0 Å². The summed E-state index contributed by atoms with van der Waals surface area (Å²) in [7, 11) is -3.47. The number of anilines is 2. The van der Waals surface area contributed by atoms with Crippen LogP contribution in [0, 0.1) is 13.8 Å². The number of carbonyl (C=O) groups is 2. The summed E-state index contributed by atoms with van der Waals surface area (Å²) in [4.78, 5) is 24.2. The molecule has 0 bridgehead atoms. The van der Waals surface area contributed by atoms with Crippen molar-refractivity contribution < 1.29 is 22.7 Å². The SMILES string of the molecule is CCCCOC(=O)c1ccc(NC(=O)CCCN(c2cc(C)cc(C)c2)S(C)(=O)=O)cc1. The lowest BCUT2D eigenvalue weighted by Gasteiger charge is -2.23. The normalized spacial score (nSPS) is 11.1. The van der Waals surface area contributed by atoms with Crippen LogP contribution in [-0.4, -0.2) is 39.7 Å². The number of esters is 1. The van der Waals surface area contributed by atoms with E-state index < -0.39 is 10.0 Å². The number of aryl methyl sites for hydroxylation is 2. The summed E-state index contributed by atoms with van der Waals surface area (Å²) in [6.07, 6.45) is 3.47. The van der Waals surface area contributed by atoms with E-state index in [1.807, 2.05) is 39.0 Å². The van der Waals surface area contributed by atoms with Gasteiger partial charge in [0.25, 0.3) is 0 Å². The van der Waals surface area contributed by atoms with Crippen molar-refractivity contribution in [3.63, 3.8) is 0 Å².